The molecule has 0 atom stereocenters. The van der Waals surface area contributed by atoms with Crippen LogP contribution in [0.15, 0.2) is 53.3 Å². The molecule has 9 nitrogen and oxygen atoms in total. The van der Waals surface area contributed by atoms with E-state index in [0.29, 0.717) is 23.8 Å². The van der Waals surface area contributed by atoms with Crippen molar-refractivity contribution >= 4 is 5.65 Å². The van der Waals surface area contributed by atoms with Crippen LogP contribution in [0.3, 0.4) is 0 Å². The maximum atomic E-state index is 11.9. The molecule has 2 aromatic carbocycles. The average Bonchev–Trinajstić information content (AvgIpc) is 3.35. The highest BCUT2D eigenvalue weighted by Crippen LogP contribution is 2.42. The van der Waals surface area contributed by atoms with Crippen molar-refractivity contribution in [3.05, 3.63) is 81.7 Å². The molecule has 1 aliphatic carbocycles. The Balaban J connectivity index is 1.38. The van der Waals surface area contributed by atoms with Crippen molar-refractivity contribution in [2.75, 3.05) is 0 Å². The van der Waals surface area contributed by atoms with Crippen LogP contribution in [0.4, 0.5) is 0 Å². The summed E-state index contributed by atoms with van der Waals surface area (Å²) in [4.78, 5) is 21.0. The van der Waals surface area contributed by atoms with Crippen LogP contribution in [-0.2, 0) is 6.42 Å². The largest absolute Gasteiger partial charge is 0.362 e. The lowest BCUT2D eigenvalue weighted by Crippen LogP contribution is -2.08. The molecule has 3 aromatic heterocycles. The van der Waals surface area contributed by atoms with Crippen molar-refractivity contribution < 1.29 is 0 Å². The van der Waals surface area contributed by atoms with Crippen LogP contribution < -0.4 is 5.69 Å². The first-order valence-corrected chi connectivity index (χ1v) is 10.6. The van der Waals surface area contributed by atoms with Gasteiger partial charge in [0.05, 0.1) is 5.69 Å². The minimum absolute atomic E-state index is 0.350. The Morgan fingerprint density at radius 1 is 1.03 bits per heavy atom. The fourth-order valence-electron chi connectivity index (χ4n) is 4.24. The Hall–Kier alpha value is -4.14. The molecule has 0 radical (unpaired) electrons. The second-order valence-electron chi connectivity index (χ2n) is 8.14. The monoisotopic (exact) mass is 424 g/mol. The minimum Gasteiger partial charge on any atom is -0.244 e. The van der Waals surface area contributed by atoms with Gasteiger partial charge in [-0.15, -0.1) is 10.2 Å². The van der Waals surface area contributed by atoms with Gasteiger partial charge >= 0.3 is 5.69 Å². The van der Waals surface area contributed by atoms with Crippen LogP contribution >= 0.6 is 0 Å². The second-order valence-corrected chi connectivity index (χ2v) is 8.14. The molecule has 1 saturated carbocycles. The maximum absolute atomic E-state index is 11.9. The van der Waals surface area contributed by atoms with E-state index in [1.54, 1.807) is 4.52 Å². The number of benzene rings is 2. The highest BCUT2D eigenvalue weighted by Gasteiger charge is 2.30. The summed E-state index contributed by atoms with van der Waals surface area (Å²) in [5.41, 5.74) is 6.59. The predicted octanol–water partition coefficient (Wildman–Crippen LogP) is 3.04. The quantitative estimate of drug-likeness (QED) is 0.448. The van der Waals surface area contributed by atoms with Crippen molar-refractivity contribution in [3.8, 4) is 22.5 Å². The van der Waals surface area contributed by atoms with Gasteiger partial charge in [-0.2, -0.15) is 10.2 Å². The summed E-state index contributed by atoms with van der Waals surface area (Å²) in [5.74, 6) is 1.78. The van der Waals surface area contributed by atoms with Crippen molar-refractivity contribution in [2.24, 2.45) is 0 Å². The first-order chi connectivity index (χ1) is 15.7. The highest BCUT2D eigenvalue weighted by atomic mass is 16.1. The molecule has 5 aromatic rings. The normalized spacial score (nSPS) is 13.7. The number of nitrogens with zero attached hydrogens (tertiary/aromatic N) is 6. The summed E-state index contributed by atoms with van der Waals surface area (Å²) in [7, 11) is 0. The molecule has 0 amide bonds. The molecular weight excluding hydrogens is 404 g/mol. The van der Waals surface area contributed by atoms with Gasteiger partial charge in [0.15, 0.2) is 5.65 Å². The van der Waals surface area contributed by atoms with E-state index in [0.717, 1.165) is 52.2 Å². The summed E-state index contributed by atoms with van der Waals surface area (Å²) in [6.07, 6.45) is 2.94. The average molecular weight is 424 g/mol. The van der Waals surface area contributed by atoms with Gasteiger partial charge in [-0.05, 0) is 41.7 Å². The minimum atomic E-state index is -0.350. The number of rotatable bonds is 5. The van der Waals surface area contributed by atoms with Crippen LogP contribution in [0, 0.1) is 6.92 Å². The van der Waals surface area contributed by atoms with Gasteiger partial charge in [0.2, 0.25) is 5.82 Å². The third-order valence-electron chi connectivity index (χ3n) is 5.93. The van der Waals surface area contributed by atoms with E-state index in [1.165, 1.54) is 0 Å². The Bertz CT molecular complexity index is 1480. The fraction of sp³-hybridized carbons (Fsp3) is 0.217. The third-order valence-corrected chi connectivity index (χ3v) is 5.93. The third kappa shape index (κ3) is 3.18. The van der Waals surface area contributed by atoms with Gasteiger partial charge in [0.25, 0.3) is 0 Å². The number of hydrogen-bond donors (Lipinski definition) is 2. The molecule has 1 aliphatic rings. The second kappa shape index (κ2) is 7.23. The summed E-state index contributed by atoms with van der Waals surface area (Å²) >= 11 is 0. The number of aryl methyl sites for hydroxylation is 1. The van der Waals surface area contributed by atoms with E-state index >= 15 is 0 Å². The van der Waals surface area contributed by atoms with E-state index in [-0.39, 0.29) is 5.69 Å². The molecule has 158 valence electrons. The molecule has 2 N–H and O–H groups in total. The Morgan fingerprint density at radius 3 is 2.53 bits per heavy atom. The Kier molecular flexibility index (Phi) is 4.20. The van der Waals surface area contributed by atoms with E-state index in [4.69, 9.17) is 4.98 Å². The van der Waals surface area contributed by atoms with Gasteiger partial charge < -0.3 is 0 Å². The lowest BCUT2D eigenvalue weighted by molar-refractivity contribution is 0.809. The first-order valence-electron chi connectivity index (χ1n) is 10.6. The lowest BCUT2D eigenvalue weighted by Gasteiger charge is -2.12. The van der Waals surface area contributed by atoms with Crippen molar-refractivity contribution in [1.29, 1.82) is 0 Å². The van der Waals surface area contributed by atoms with E-state index in [1.807, 2.05) is 25.1 Å². The number of H-pyrrole nitrogens is 2. The van der Waals surface area contributed by atoms with Crippen LogP contribution in [0.1, 0.15) is 41.4 Å². The van der Waals surface area contributed by atoms with Crippen LogP contribution in [0.25, 0.3) is 28.2 Å². The van der Waals surface area contributed by atoms with Gasteiger partial charge in [-0.25, -0.2) is 19.4 Å². The van der Waals surface area contributed by atoms with Gasteiger partial charge in [0.1, 0.15) is 5.82 Å². The number of tetrazole rings is 1. The zero-order valence-electron chi connectivity index (χ0n) is 17.4. The lowest BCUT2D eigenvalue weighted by atomic mass is 9.96. The smallest absolute Gasteiger partial charge is 0.244 e. The molecule has 32 heavy (non-hydrogen) atoms. The zero-order valence-corrected chi connectivity index (χ0v) is 17.4. The molecule has 9 heteroatoms. The van der Waals surface area contributed by atoms with Crippen molar-refractivity contribution in [2.45, 2.75) is 32.1 Å². The number of fused-ring (bicyclic) bond motifs is 1. The van der Waals surface area contributed by atoms with Crippen LogP contribution in [0.2, 0.25) is 0 Å². The molecule has 0 saturated heterocycles. The molecule has 0 spiro atoms. The number of aromatic nitrogens is 8. The molecule has 0 unspecified atom stereocenters. The van der Waals surface area contributed by atoms with Gasteiger partial charge in [-0.3, -0.25) is 0 Å². The number of hydrogen-bond acceptors (Lipinski definition) is 6. The van der Waals surface area contributed by atoms with E-state index < -0.39 is 0 Å². The molecule has 0 bridgehead atoms. The maximum Gasteiger partial charge on any atom is 0.362 e. The fourth-order valence-corrected chi connectivity index (χ4v) is 4.24. The Morgan fingerprint density at radius 2 is 1.81 bits per heavy atom. The summed E-state index contributed by atoms with van der Waals surface area (Å²) in [6.45, 7) is 1.90. The molecule has 3 heterocycles. The molecular formula is C23H20N8O. The van der Waals surface area contributed by atoms with Crippen molar-refractivity contribution in [1.82, 2.24) is 40.2 Å². The number of nitrogens with one attached hydrogen (secondary N) is 2. The van der Waals surface area contributed by atoms with Gasteiger partial charge in [-0.1, -0.05) is 48.5 Å². The summed E-state index contributed by atoms with van der Waals surface area (Å²) < 4.78 is 1.69. The molecule has 6 rings (SSSR count). The Labute approximate surface area is 182 Å². The highest BCUT2D eigenvalue weighted by molar-refractivity contribution is 5.80. The van der Waals surface area contributed by atoms with Crippen molar-refractivity contribution in [3.63, 3.8) is 0 Å². The summed E-state index contributed by atoms with van der Waals surface area (Å²) in [6, 6.07) is 16.4. The number of aromatic amines is 2. The van der Waals surface area contributed by atoms with Crippen LogP contribution in [0.5, 0.6) is 0 Å². The molecule has 1 fully saturated rings. The summed E-state index contributed by atoms with van der Waals surface area (Å²) in [5, 5.41) is 17.2. The predicted molar refractivity (Wildman–Crippen MR) is 118 cm³/mol. The van der Waals surface area contributed by atoms with E-state index in [9.17, 15) is 4.79 Å². The SMILES string of the molecule is Cc1nc(C2CC2)c(Cc2ccc(-c3ccccc3-c3nn[nH]n3)cc2)c2nc(=O)[nH]n12. The zero-order chi connectivity index (χ0) is 21.7. The molecule has 0 aliphatic heterocycles. The van der Waals surface area contributed by atoms with Crippen LogP contribution in [-0.4, -0.2) is 40.2 Å². The topological polar surface area (TPSA) is 118 Å². The van der Waals surface area contributed by atoms with E-state index in [2.05, 4.69) is 61.0 Å². The standard InChI is InChI=1S/C23H20N8O/c1-13-24-20(16-10-11-16)19(22-25-23(32)28-31(13)22)12-14-6-8-15(9-7-14)17-4-2-3-5-18(17)21-26-29-30-27-21/h2-9,16H,10-12H2,1H3,(H,28,32)(H,26,27,29,30). The van der Waals surface area contributed by atoms with Gasteiger partial charge in [0, 0.05) is 23.5 Å². The first kappa shape index (κ1) is 18.6.